The molecule has 0 amide bonds. The second-order valence-corrected chi connectivity index (χ2v) is 6.95. The van der Waals surface area contributed by atoms with Crippen molar-refractivity contribution in [2.45, 2.75) is 11.0 Å². The monoisotopic (exact) mass is 319 g/mol. The molecule has 5 nitrogen and oxygen atoms in total. The lowest BCUT2D eigenvalue weighted by molar-refractivity contribution is 0.150. The van der Waals surface area contributed by atoms with Gasteiger partial charge < -0.3 is 9.84 Å². The Kier molecular flexibility index (Phi) is 4.15. The fraction of sp³-hybridized carbons (Fsp3) is 0.250. The van der Waals surface area contributed by atoms with Crippen LogP contribution in [-0.4, -0.2) is 37.5 Å². The summed E-state index contributed by atoms with van der Waals surface area (Å²) >= 11 is 0. The van der Waals surface area contributed by atoms with Gasteiger partial charge in [0.1, 0.15) is 11.9 Å². The Morgan fingerprint density at radius 2 is 1.77 bits per heavy atom. The number of fused-ring (bicyclic) bond motifs is 1. The standard InChI is InChI=1S/C16H17NO4S/c18-11-10-17-12-15(21-13-6-2-1-3-7-13)14-8-4-5-9-16(14)22(17,19)20/h1-9,15,18H,10-12H2. The number of nitrogens with zero attached hydrogens (tertiary/aromatic N) is 1. The van der Waals surface area contributed by atoms with Crippen LogP contribution < -0.4 is 4.74 Å². The number of rotatable bonds is 4. The molecule has 1 aliphatic heterocycles. The molecule has 0 radical (unpaired) electrons. The van der Waals surface area contributed by atoms with Crippen molar-refractivity contribution in [1.29, 1.82) is 0 Å². The number of para-hydroxylation sites is 1. The molecule has 2 aromatic rings. The maximum atomic E-state index is 12.6. The molecule has 0 saturated heterocycles. The SMILES string of the molecule is O=S1(=O)c2ccccc2C(Oc2ccccc2)CN1CCO. The molecule has 116 valence electrons. The lowest BCUT2D eigenvalue weighted by atomic mass is 10.1. The fourth-order valence-corrected chi connectivity index (χ4v) is 4.27. The summed E-state index contributed by atoms with van der Waals surface area (Å²) in [6.07, 6.45) is -0.395. The zero-order valence-electron chi connectivity index (χ0n) is 11.9. The molecule has 3 rings (SSSR count). The Morgan fingerprint density at radius 1 is 1.09 bits per heavy atom. The molecule has 0 spiro atoms. The molecule has 1 heterocycles. The molecule has 1 unspecified atom stereocenters. The number of aliphatic hydroxyl groups excluding tert-OH is 1. The van der Waals surface area contributed by atoms with E-state index in [1.165, 1.54) is 4.31 Å². The van der Waals surface area contributed by atoms with Crippen LogP contribution >= 0.6 is 0 Å². The normalized spacial score (nSPS) is 20.3. The van der Waals surface area contributed by atoms with Crippen LogP contribution in [0.2, 0.25) is 0 Å². The minimum atomic E-state index is -3.58. The third-order valence-electron chi connectivity index (χ3n) is 3.62. The van der Waals surface area contributed by atoms with Gasteiger partial charge in [-0.05, 0) is 18.2 Å². The van der Waals surface area contributed by atoms with Gasteiger partial charge in [-0.2, -0.15) is 4.31 Å². The van der Waals surface area contributed by atoms with Gasteiger partial charge in [0.05, 0.1) is 18.0 Å². The average Bonchev–Trinajstić information content (AvgIpc) is 2.53. The van der Waals surface area contributed by atoms with Gasteiger partial charge in [-0.3, -0.25) is 0 Å². The van der Waals surface area contributed by atoms with E-state index in [0.717, 1.165) is 0 Å². The van der Waals surface area contributed by atoms with Crippen molar-refractivity contribution in [2.24, 2.45) is 0 Å². The summed E-state index contributed by atoms with van der Waals surface area (Å²) in [7, 11) is -3.58. The first-order chi connectivity index (χ1) is 10.6. The molecule has 0 aromatic heterocycles. The summed E-state index contributed by atoms with van der Waals surface area (Å²) in [5.41, 5.74) is 0.653. The van der Waals surface area contributed by atoms with Gasteiger partial charge in [-0.1, -0.05) is 36.4 Å². The van der Waals surface area contributed by atoms with Crippen LogP contribution in [0.5, 0.6) is 5.75 Å². The highest BCUT2D eigenvalue weighted by atomic mass is 32.2. The van der Waals surface area contributed by atoms with Gasteiger partial charge in [-0.25, -0.2) is 8.42 Å². The topological polar surface area (TPSA) is 66.8 Å². The predicted octanol–water partition coefficient (Wildman–Crippen LogP) is 1.80. The van der Waals surface area contributed by atoms with Crippen molar-refractivity contribution in [3.63, 3.8) is 0 Å². The van der Waals surface area contributed by atoms with E-state index in [4.69, 9.17) is 9.84 Å². The highest BCUT2D eigenvalue weighted by Gasteiger charge is 2.37. The first-order valence-electron chi connectivity index (χ1n) is 7.04. The van der Waals surface area contributed by atoms with Crippen molar-refractivity contribution < 1.29 is 18.3 Å². The van der Waals surface area contributed by atoms with Gasteiger partial charge in [-0.15, -0.1) is 0 Å². The molecule has 1 N–H and O–H groups in total. The number of aliphatic hydroxyl groups is 1. The van der Waals surface area contributed by atoms with Gasteiger partial charge >= 0.3 is 0 Å². The van der Waals surface area contributed by atoms with E-state index in [1.54, 1.807) is 24.3 Å². The van der Waals surface area contributed by atoms with E-state index in [1.807, 2.05) is 30.3 Å². The van der Waals surface area contributed by atoms with Crippen LogP contribution in [0.1, 0.15) is 11.7 Å². The van der Waals surface area contributed by atoms with Crippen LogP contribution in [-0.2, 0) is 10.0 Å². The van der Waals surface area contributed by atoms with Crippen molar-refractivity contribution in [3.05, 3.63) is 60.2 Å². The Balaban J connectivity index is 2.00. The highest BCUT2D eigenvalue weighted by molar-refractivity contribution is 7.89. The quantitative estimate of drug-likeness (QED) is 0.933. The zero-order valence-corrected chi connectivity index (χ0v) is 12.7. The molecular formula is C16H17NO4S. The van der Waals surface area contributed by atoms with E-state index in [2.05, 4.69) is 0 Å². The van der Waals surface area contributed by atoms with E-state index < -0.39 is 16.1 Å². The third-order valence-corrected chi connectivity index (χ3v) is 5.56. The summed E-state index contributed by atoms with van der Waals surface area (Å²) in [5, 5.41) is 9.13. The summed E-state index contributed by atoms with van der Waals surface area (Å²) in [4.78, 5) is 0.246. The van der Waals surface area contributed by atoms with E-state index >= 15 is 0 Å². The van der Waals surface area contributed by atoms with Crippen LogP contribution in [0.3, 0.4) is 0 Å². The lowest BCUT2D eigenvalue weighted by Gasteiger charge is -2.33. The minimum absolute atomic E-state index is 0.0608. The summed E-state index contributed by atoms with van der Waals surface area (Å²) in [5.74, 6) is 0.686. The van der Waals surface area contributed by atoms with Gasteiger partial charge in [0, 0.05) is 12.1 Å². The third kappa shape index (κ3) is 2.72. The van der Waals surface area contributed by atoms with Gasteiger partial charge in [0.25, 0.3) is 0 Å². The molecule has 0 aliphatic carbocycles. The number of benzene rings is 2. The average molecular weight is 319 g/mol. The van der Waals surface area contributed by atoms with Crippen molar-refractivity contribution in [3.8, 4) is 5.75 Å². The number of hydrogen-bond acceptors (Lipinski definition) is 4. The highest BCUT2D eigenvalue weighted by Crippen LogP contribution is 2.34. The molecule has 0 bridgehead atoms. The molecule has 1 aliphatic rings. The molecular weight excluding hydrogens is 302 g/mol. The maximum absolute atomic E-state index is 12.6. The largest absolute Gasteiger partial charge is 0.484 e. The van der Waals surface area contributed by atoms with Gasteiger partial charge in [0.15, 0.2) is 0 Å². The first-order valence-corrected chi connectivity index (χ1v) is 8.48. The summed E-state index contributed by atoms with van der Waals surface area (Å²) < 4.78 is 32.3. The Labute approximate surface area is 129 Å². The molecule has 22 heavy (non-hydrogen) atoms. The number of ether oxygens (including phenoxy) is 1. The Morgan fingerprint density at radius 3 is 2.50 bits per heavy atom. The minimum Gasteiger partial charge on any atom is -0.484 e. The van der Waals surface area contributed by atoms with Crippen LogP contribution in [0.25, 0.3) is 0 Å². The molecule has 0 saturated carbocycles. The van der Waals surface area contributed by atoms with E-state index in [9.17, 15) is 8.42 Å². The van der Waals surface area contributed by atoms with E-state index in [0.29, 0.717) is 11.3 Å². The Bertz CT molecular complexity index is 746. The first kappa shape index (κ1) is 15.0. The maximum Gasteiger partial charge on any atom is 0.243 e. The number of sulfonamides is 1. The molecule has 1 atom stereocenters. The summed E-state index contributed by atoms with van der Waals surface area (Å²) in [6.45, 7) is 0.0274. The zero-order chi connectivity index (χ0) is 15.6. The van der Waals surface area contributed by atoms with Crippen LogP contribution in [0, 0.1) is 0 Å². The molecule has 2 aromatic carbocycles. The summed E-state index contributed by atoms with van der Waals surface area (Å²) in [6, 6.07) is 16.1. The lowest BCUT2D eigenvalue weighted by Crippen LogP contribution is -2.42. The number of hydrogen-bond donors (Lipinski definition) is 1. The van der Waals surface area contributed by atoms with Gasteiger partial charge in [0.2, 0.25) is 10.0 Å². The van der Waals surface area contributed by atoms with Crippen LogP contribution in [0.4, 0.5) is 0 Å². The second-order valence-electron chi connectivity index (χ2n) is 5.04. The van der Waals surface area contributed by atoms with Crippen molar-refractivity contribution in [1.82, 2.24) is 4.31 Å². The molecule has 0 fully saturated rings. The molecule has 6 heteroatoms. The second kappa shape index (κ2) is 6.08. The fourth-order valence-electron chi connectivity index (χ4n) is 2.59. The predicted molar refractivity (Wildman–Crippen MR) is 82.1 cm³/mol. The number of β-amino-alcohol motifs (C(OH)–C–C–N with tert-alkyl or cyclic N) is 1. The van der Waals surface area contributed by atoms with Crippen molar-refractivity contribution >= 4 is 10.0 Å². The van der Waals surface area contributed by atoms with E-state index in [-0.39, 0.29) is 24.6 Å². The van der Waals surface area contributed by atoms with Crippen LogP contribution in [0.15, 0.2) is 59.5 Å². The smallest absolute Gasteiger partial charge is 0.243 e. The van der Waals surface area contributed by atoms with Crippen molar-refractivity contribution in [2.75, 3.05) is 19.7 Å². The Hall–Kier alpha value is -1.89.